The van der Waals surface area contributed by atoms with Crippen molar-refractivity contribution in [2.75, 3.05) is 19.7 Å². The standard InChI is InChI=1S/C10H13NOS.C4H8O2/c13-10(8-11-6-7-12-10)9-4-2-1-3-5-9;1-2-3-4(5)6/h1-5,11,13H,6-8H2;2-3H2,1H3,(H,5,6). The fraction of sp³-hybridized carbons (Fsp3) is 0.500. The molecule has 1 unspecified atom stereocenters. The zero-order chi connectivity index (χ0) is 14.1. The normalized spacial score (nSPS) is 22.2. The summed E-state index contributed by atoms with van der Waals surface area (Å²) in [6, 6.07) is 10.2. The molecule has 4 nitrogen and oxygen atoms in total. The van der Waals surface area contributed by atoms with Crippen molar-refractivity contribution in [2.45, 2.75) is 24.7 Å². The number of nitrogens with two attached hydrogens (primary N) is 1. The topological polar surface area (TPSA) is 66.0 Å². The Hall–Kier alpha value is -1.04. The second kappa shape index (κ2) is 8.19. The third-order valence-electron chi connectivity index (χ3n) is 2.76. The van der Waals surface area contributed by atoms with E-state index in [0.717, 1.165) is 25.3 Å². The average molecular weight is 283 g/mol. The van der Waals surface area contributed by atoms with E-state index in [1.54, 1.807) is 6.92 Å². The maximum atomic E-state index is 9.49. The second-order valence-corrected chi connectivity index (χ2v) is 5.12. The van der Waals surface area contributed by atoms with Gasteiger partial charge in [-0.2, -0.15) is 0 Å². The number of hydrogen-bond acceptors (Lipinski definition) is 4. The molecular formula is C14H21NO3S. The first-order chi connectivity index (χ1) is 9.08. The monoisotopic (exact) mass is 283 g/mol. The van der Waals surface area contributed by atoms with Gasteiger partial charge in [0, 0.05) is 5.97 Å². The van der Waals surface area contributed by atoms with E-state index in [4.69, 9.17) is 4.74 Å². The van der Waals surface area contributed by atoms with Gasteiger partial charge in [0.1, 0.15) is 6.54 Å². The summed E-state index contributed by atoms with van der Waals surface area (Å²) in [6.45, 7) is 4.50. The number of carboxylic acids is 1. The maximum absolute atomic E-state index is 9.49. The molecule has 106 valence electrons. The van der Waals surface area contributed by atoms with Crippen LogP contribution >= 0.6 is 12.6 Å². The number of ether oxygens (including phenoxy) is 1. The van der Waals surface area contributed by atoms with Crippen molar-refractivity contribution in [1.29, 1.82) is 0 Å². The summed E-state index contributed by atoms with van der Waals surface area (Å²) in [5, 5.41) is 11.7. The van der Waals surface area contributed by atoms with Crippen LogP contribution in [0.5, 0.6) is 0 Å². The van der Waals surface area contributed by atoms with E-state index in [0.29, 0.717) is 6.42 Å². The third-order valence-corrected chi connectivity index (χ3v) is 3.33. The molecular weight excluding hydrogens is 262 g/mol. The summed E-state index contributed by atoms with van der Waals surface area (Å²) in [5.74, 6) is -0.961. The van der Waals surface area contributed by atoms with Crippen LogP contribution in [0.3, 0.4) is 0 Å². The summed E-state index contributed by atoms with van der Waals surface area (Å²) < 4.78 is 5.68. The van der Waals surface area contributed by atoms with E-state index >= 15 is 0 Å². The van der Waals surface area contributed by atoms with Gasteiger partial charge in [-0.3, -0.25) is 0 Å². The van der Waals surface area contributed by atoms with E-state index < -0.39 is 5.97 Å². The lowest BCUT2D eigenvalue weighted by atomic mass is 10.1. The predicted molar refractivity (Wildman–Crippen MR) is 74.6 cm³/mol. The highest BCUT2D eigenvalue weighted by Crippen LogP contribution is 2.28. The van der Waals surface area contributed by atoms with Crippen LogP contribution in [0.4, 0.5) is 0 Å². The zero-order valence-electron chi connectivity index (χ0n) is 11.2. The number of hydrogen-bond donors (Lipinski definition) is 2. The van der Waals surface area contributed by atoms with Crippen molar-refractivity contribution in [1.82, 2.24) is 0 Å². The van der Waals surface area contributed by atoms with Gasteiger partial charge in [0.2, 0.25) is 0 Å². The van der Waals surface area contributed by atoms with Gasteiger partial charge >= 0.3 is 0 Å². The number of thiol groups is 1. The minimum atomic E-state index is -0.961. The van der Waals surface area contributed by atoms with Gasteiger partial charge in [0.05, 0.1) is 13.2 Å². The largest absolute Gasteiger partial charge is 0.550 e. The molecule has 1 aliphatic heterocycles. The second-order valence-electron chi connectivity index (χ2n) is 4.40. The number of benzene rings is 1. The molecule has 1 fully saturated rings. The highest BCUT2D eigenvalue weighted by Gasteiger charge is 2.33. The first kappa shape index (κ1) is 16.0. The van der Waals surface area contributed by atoms with Crippen molar-refractivity contribution in [3.63, 3.8) is 0 Å². The quantitative estimate of drug-likeness (QED) is 0.761. The van der Waals surface area contributed by atoms with Crippen LogP contribution in [0.15, 0.2) is 30.3 Å². The van der Waals surface area contributed by atoms with Gasteiger partial charge in [-0.1, -0.05) is 43.7 Å². The van der Waals surface area contributed by atoms with Crippen LogP contribution in [0.1, 0.15) is 25.3 Å². The van der Waals surface area contributed by atoms with Crippen molar-refractivity contribution < 1.29 is 20.0 Å². The summed E-state index contributed by atoms with van der Waals surface area (Å²) >= 11 is 4.59. The Morgan fingerprint density at radius 1 is 1.47 bits per heavy atom. The molecule has 19 heavy (non-hydrogen) atoms. The Morgan fingerprint density at radius 2 is 2.16 bits per heavy atom. The lowest BCUT2D eigenvalue weighted by molar-refractivity contribution is -0.681. The molecule has 1 atom stereocenters. The number of carbonyl (C=O) groups excluding carboxylic acids is 1. The molecule has 1 heterocycles. The molecule has 0 bridgehead atoms. The van der Waals surface area contributed by atoms with Gasteiger partial charge < -0.3 is 20.0 Å². The van der Waals surface area contributed by atoms with Gasteiger partial charge in [-0.25, -0.2) is 0 Å². The summed E-state index contributed by atoms with van der Waals surface area (Å²) in [4.78, 5) is 9.10. The number of carboxylic acid groups (broad SMARTS) is 1. The van der Waals surface area contributed by atoms with Crippen molar-refractivity contribution >= 4 is 18.6 Å². The molecule has 1 aliphatic rings. The third kappa shape index (κ3) is 5.63. The molecule has 0 radical (unpaired) electrons. The first-order valence-electron chi connectivity index (χ1n) is 6.52. The Balaban J connectivity index is 0.000000258. The molecule has 0 aliphatic carbocycles. The van der Waals surface area contributed by atoms with E-state index in [2.05, 4.69) is 30.1 Å². The van der Waals surface area contributed by atoms with Gasteiger partial charge in [-0.15, -0.1) is 12.6 Å². The smallest absolute Gasteiger partial charge is 0.185 e. The van der Waals surface area contributed by atoms with Crippen LogP contribution in [0.2, 0.25) is 0 Å². The summed E-state index contributed by atoms with van der Waals surface area (Å²) in [5.41, 5.74) is 1.15. The van der Waals surface area contributed by atoms with Crippen LogP contribution in [0.25, 0.3) is 0 Å². The first-order valence-corrected chi connectivity index (χ1v) is 6.96. The van der Waals surface area contributed by atoms with Gasteiger partial charge in [0.15, 0.2) is 4.93 Å². The Kier molecular flexibility index (Phi) is 6.91. The van der Waals surface area contributed by atoms with Crippen LogP contribution < -0.4 is 10.4 Å². The van der Waals surface area contributed by atoms with E-state index in [9.17, 15) is 9.90 Å². The molecule has 5 heteroatoms. The lowest BCUT2D eigenvalue weighted by Gasteiger charge is -2.31. The van der Waals surface area contributed by atoms with Crippen LogP contribution in [0, 0.1) is 0 Å². The summed E-state index contributed by atoms with van der Waals surface area (Å²) in [6.07, 6.45) is 0.850. The fourth-order valence-electron chi connectivity index (χ4n) is 1.77. The number of carbonyl (C=O) groups is 1. The molecule has 0 saturated carbocycles. The van der Waals surface area contributed by atoms with Gasteiger partial charge in [-0.05, 0) is 12.0 Å². The van der Waals surface area contributed by atoms with Gasteiger partial charge in [0.25, 0.3) is 0 Å². The molecule has 1 aromatic rings. The SMILES string of the molecule is CCCC(=O)[O-].SC1(c2ccccc2)C[NH2+]CCO1. The van der Waals surface area contributed by atoms with Crippen molar-refractivity contribution in [2.24, 2.45) is 0 Å². The molecule has 0 aromatic heterocycles. The van der Waals surface area contributed by atoms with E-state index in [-0.39, 0.29) is 11.4 Å². The fourth-order valence-corrected chi connectivity index (χ4v) is 2.14. The Labute approximate surface area is 119 Å². The van der Waals surface area contributed by atoms with E-state index in [1.807, 2.05) is 18.2 Å². The number of rotatable bonds is 3. The van der Waals surface area contributed by atoms with Crippen molar-refractivity contribution in [3.8, 4) is 0 Å². The molecule has 1 saturated heterocycles. The average Bonchev–Trinajstić information content (AvgIpc) is 2.41. The summed E-state index contributed by atoms with van der Waals surface area (Å²) in [7, 11) is 0. The minimum Gasteiger partial charge on any atom is -0.550 e. The van der Waals surface area contributed by atoms with E-state index in [1.165, 1.54) is 0 Å². The highest BCUT2D eigenvalue weighted by atomic mass is 32.1. The van der Waals surface area contributed by atoms with Crippen LogP contribution in [-0.2, 0) is 14.5 Å². The molecule has 0 amide bonds. The number of aliphatic carboxylic acids is 1. The van der Waals surface area contributed by atoms with Crippen LogP contribution in [-0.4, -0.2) is 25.7 Å². The molecule has 2 N–H and O–H groups in total. The molecule has 0 spiro atoms. The lowest BCUT2D eigenvalue weighted by Crippen LogP contribution is -2.90. The minimum absolute atomic E-state index is 0.181. The maximum Gasteiger partial charge on any atom is 0.185 e. The predicted octanol–water partition coefficient (Wildman–Crippen LogP) is -0.101. The Bertz CT molecular complexity index is 378. The van der Waals surface area contributed by atoms with Crippen molar-refractivity contribution in [3.05, 3.63) is 35.9 Å². The number of quaternary nitrogens is 1. The Morgan fingerprint density at radius 3 is 2.58 bits per heavy atom. The zero-order valence-corrected chi connectivity index (χ0v) is 12.1. The molecule has 1 aromatic carbocycles. The molecule has 2 rings (SSSR count). The highest BCUT2D eigenvalue weighted by molar-refractivity contribution is 7.81. The number of morpholine rings is 1.